The summed E-state index contributed by atoms with van der Waals surface area (Å²) in [4.78, 5) is 1.28. The molecule has 1 aliphatic heterocycles. The lowest BCUT2D eigenvalue weighted by atomic mass is 9.78. The predicted octanol–water partition coefficient (Wildman–Crippen LogP) is 4.84. The summed E-state index contributed by atoms with van der Waals surface area (Å²) in [5.41, 5.74) is -2.57. The Labute approximate surface area is 141 Å². The lowest BCUT2D eigenvalue weighted by Crippen LogP contribution is -2.44. The quantitative estimate of drug-likeness (QED) is 0.766. The summed E-state index contributed by atoms with van der Waals surface area (Å²) in [5.74, 6) is 0. The maximum atomic E-state index is 13.7. The van der Waals surface area contributed by atoms with Crippen LogP contribution in [0.25, 0.3) is 0 Å². The molecule has 2 atom stereocenters. The minimum Gasteiger partial charge on any atom is -0.361 e. The largest absolute Gasteiger partial charge is 0.414 e. The monoisotopic (exact) mass is 364 g/mol. The molecule has 0 spiro atoms. The molecule has 1 aliphatic rings. The average Bonchev–Trinajstić information content (AvgIpc) is 2.78. The first kappa shape index (κ1) is 17.9. The van der Waals surface area contributed by atoms with Crippen molar-refractivity contribution in [3.8, 4) is 6.07 Å². The lowest BCUT2D eigenvalue weighted by molar-refractivity contribution is -0.202. The van der Waals surface area contributed by atoms with Crippen LogP contribution in [0.4, 0.5) is 13.2 Å². The Balaban J connectivity index is 2.57. The van der Waals surface area contributed by atoms with Crippen molar-refractivity contribution in [3.63, 3.8) is 0 Å². The number of benzene rings is 1. The molecule has 23 heavy (non-hydrogen) atoms. The second-order valence-electron chi connectivity index (χ2n) is 4.98. The first-order valence-electron chi connectivity index (χ1n) is 6.72. The van der Waals surface area contributed by atoms with Gasteiger partial charge in [-0.2, -0.15) is 18.4 Å². The molecule has 124 valence electrons. The van der Waals surface area contributed by atoms with Gasteiger partial charge in [-0.05, 0) is 24.6 Å². The first-order valence-corrected chi connectivity index (χ1v) is 7.48. The van der Waals surface area contributed by atoms with Crippen LogP contribution in [-0.4, -0.2) is 24.4 Å². The van der Waals surface area contributed by atoms with Gasteiger partial charge in [0.25, 0.3) is 0 Å². The van der Waals surface area contributed by atoms with Crippen LogP contribution < -0.4 is 0 Å². The van der Waals surface area contributed by atoms with E-state index in [9.17, 15) is 18.4 Å². The summed E-state index contributed by atoms with van der Waals surface area (Å²) in [6.07, 6.45) is -3.73. The van der Waals surface area contributed by atoms with Gasteiger partial charge in [0.2, 0.25) is 5.41 Å². The number of alkyl halides is 3. The third-order valence-electron chi connectivity index (χ3n) is 3.65. The first-order chi connectivity index (χ1) is 10.8. The fraction of sp³-hybridized carbons (Fsp3) is 0.400. The highest BCUT2D eigenvalue weighted by Crippen LogP contribution is 2.59. The Bertz CT molecular complexity index is 640. The van der Waals surface area contributed by atoms with E-state index in [1.807, 2.05) is 0 Å². The van der Waals surface area contributed by atoms with E-state index in [-0.39, 0.29) is 12.3 Å². The summed E-state index contributed by atoms with van der Waals surface area (Å²) >= 11 is 11.7. The van der Waals surface area contributed by atoms with Crippen molar-refractivity contribution in [1.82, 2.24) is 4.90 Å². The van der Waals surface area contributed by atoms with Crippen LogP contribution in [0.3, 0.4) is 0 Å². The van der Waals surface area contributed by atoms with E-state index in [2.05, 4.69) is 0 Å². The molecule has 8 heteroatoms. The number of hydrogen-bond acceptors (Lipinski definition) is 3. The van der Waals surface area contributed by atoms with Crippen LogP contribution in [-0.2, 0) is 4.74 Å². The van der Waals surface area contributed by atoms with E-state index in [0.717, 1.165) is 6.20 Å². The lowest BCUT2D eigenvalue weighted by Gasteiger charge is -2.36. The third-order valence-corrected chi connectivity index (χ3v) is 4.30. The Morgan fingerprint density at radius 1 is 1.30 bits per heavy atom. The Kier molecular flexibility index (Phi) is 5.14. The zero-order valence-electron chi connectivity index (χ0n) is 12.1. The Morgan fingerprint density at radius 2 is 1.91 bits per heavy atom. The number of nitrogens with zero attached hydrogens (tertiary/aromatic N) is 2. The van der Waals surface area contributed by atoms with Crippen molar-refractivity contribution in [1.29, 1.82) is 5.26 Å². The van der Waals surface area contributed by atoms with E-state index < -0.39 is 22.7 Å². The van der Waals surface area contributed by atoms with E-state index in [1.165, 1.54) is 35.2 Å². The molecule has 1 aromatic rings. The number of ether oxygens (including phenoxy) is 1. The number of rotatable bonds is 4. The van der Waals surface area contributed by atoms with Gasteiger partial charge in [-0.1, -0.05) is 35.3 Å². The molecule has 0 N–H and O–H groups in total. The maximum absolute atomic E-state index is 13.7. The van der Waals surface area contributed by atoms with Gasteiger partial charge in [0.05, 0.1) is 17.1 Å². The van der Waals surface area contributed by atoms with Gasteiger partial charge < -0.3 is 9.64 Å². The standard InChI is InChI=1S/C15H13Cl2F3N2O/c1-2-23-9-22-7-12(17)14(8-21,15(18,19)20)13(22)10-3-5-11(16)6-4-10/h3-7,13H,2,9H2,1H3. The molecule has 0 saturated heterocycles. The highest BCUT2D eigenvalue weighted by atomic mass is 35.5. The van der Waals surface area contributed by atoms with E-state index in [0.29, 0.717) is 11.6 Å². The molecule has 0 fully saturated rings. The van der Waals surface area contributed by atoms with Crippen LogP contribution in [0.1, 0.15) is 18.5 Å². The van der Waals surface area contributed by atoms with Crippen LogP contribution in [0.2, 0.25) is 5.02 Å². The van der Waals surface area contributed by atoms with Crippen molar-refractivity contribution >= 4 is 23.2 Å². The van der Waals surface area contributed by atoms with Crippen molar-refractivity contribution in [2.45, 2.75) is 19.1 Å². The van der Waals surface area contributed by atoms with Crippen LogP contribution >= 0.6 is 23.2 Å². The van der Waals surface area contributed by atoms with Crippen molar-refractivity contribution < 1.29 is 17.9 Å². The number of hydrogen-bond donors (Lipinski definition) is 0. The van der Waals surface area contributed by atoms with E-state index in [4.69, 9.17) is 27.9 Å². The zero-order valence-corrected chi connectivity index (χ0v) is 13.6. The molecule has 3 nitrogen and oxygen atoms in total. The summed E-state index contributed by atoms with van der Waals surface area (Å²) < 4.78 is 46.4. The van der Waals surface area contributed by atoms with Gasteiger partial charge in [0.15, 0.2) is 0 Å². The Hall–Kier alpha value is -1.42. The molecular formula is C15H13Cl2F3N2O. The molecule has 1 heterocycles. The zero-order chi connectivity index (χ0) is 17.3. The molecule has 0 amide bonds. The summed E-state index contributed by atoms with van der Waals surface area (Å²) in [5, 5.41) is 9.17. The summed E-state index contributed by atoms with van der Waals surface area (Å²) in [6.45, 7) is 1.93. The van der Waals surface area contributed by atoms with Crippen LogP contribution in [0, 0.1) is 16.7 Å². The minimum atomic E-state index is -4.85. The topological polar surface area (TPSA) is 36.3 Å². The van der Waals surface area contributed by atoms with Gasteiger partial charge in [-0.15, -0.1) is 0 Å². The normalized spacial score (nSPS) is 24.5. The van der Waals surface area contributed by atoms with Gasteiger partial charge in [0, 0.05) is 17.8 Å². The summed E-state index contributed by atoms with van der Waals surface area (Å²) in [6, 6.07) is 5.89. The fourth-order valence-electron chi connectivity index (χ4n) is 2.56. The molecule has 0 radical (unpaired) electrons. The highest BCUT2D eigenvalue weighted by Gasteiger charge is 2.67. The molecule has 2 rings (SSSR count). The van der Waals surface area contributed by atoms with Gasteiger partial charge in [-0.3, -0.25) is 0 Å². The molecule has 0 aliphatic carbocycles. The molecule has 2 unspecified atom stereocenters. The minimum absolute atomic E-state index is 0.112. The average molecular weight is 365 g/mol. The SMILES string of the molecule is CCOCN1C=C(Cl)C(C#N)(C(F)(F)F)C1c1ccc(Cl)cc1. The number of halogens is 5. The van der Waals surface area contributed by atoms with Gasteiger partial charge in [-0.25, -0.2) is 0 Å². The van der Waals surface area contributed by atoms with Crippen molar-refractivity contribution in [2.24, 2.45) is 5.41 Å². The van der Waals surface area contributed by atoms with E-state index >= 15 is 0 Å². The van der Waals surface area contributed by atoms with Gasteiger partial charge >= 0.3 is 6.18 Å². The molecular weight excluding hydrogens is 352 g/mol. The smallest absolute Gasteiger partial charge is 0.361 e. The maximum Gasteiger partial charge on any atom is 0.414 e. The second-order valence-corrected chi connectivity index (χ2v) is 5.83. The van der Waals surface area contributed by atoms with Crippen molar-refractivity contribution in [2.75, 3.05) is 13.3 Å². The van der Waals surface area contributed by atoms with Crippen molar-refractivity contribution in [3.05, 3.63) is 46.1 Å². The summed E-state index contributed by atoms with van der Waals surface area (Å²) in [7, 11) is 0. The second kappa shape index (κ2) is 6.60. The molecule has 0 bridgehead atoms. The van der Waals surface area contributed by atoms with Crippen LogP contribution in [0.15, 0.2) is 35.5 Å². The Morgan fingerprint density at radius 3 is 2.39 bits per heavy atom. The predicted molar refractivity (Wildman–Crippen MR) is 80.6 cm³/mol. The van der Waals surface area contributed by atoms with Crippen LogP contribution in [0.5, 0.6) is 0 Å². The molecule has 0 saturated carbocycles. The fourth-order valence-corrected chi connectivity index (χ4v) is 3.07. The van der Waals surface area contributed by atoms with Gasteiger partial charge in [0.1, 0.15) is 6.73 Å². The molecule has 0 aromatic heterocycles. The number of nitriles is 1. The highest BCUT2D eigenvalue weighted by molar-refractivity contribution is 6.31. The van der Waals surface area contributed by atoms with E-state index in [1.54, 1.807) is 6.92 Å². The molecule has 1 aromatic carbocycles. The third kappa shape index (κ3) is 3.01.